The Morgan fingerprint density at radius 3 is 2.85 bits per heavy atom. The zero-order valence-electron chi connectivity index (χ0n) is 11.0. The van der Waals surface area contributed by atoms with Gasteiger partial charge in [0, 0.05) is 13.0 Å². The van der Waals surface area contributed by atoms with Crippen molar-refractivity contribution in [3.05, 3.63) is 53.0 Å². The monoisotopic (exact) mass is 278 g/mol. The van der Waals surface area contributed by atoms with Gasteiger partial charge in [0.15, 0.2) is 0 Å². The van der Waals surface area contributed by atoms with Crippen molar-refractivity contribution in [3.63, 3.8) is 0 Å². The molecule has 106 valence electrons. The van der Waals surface area contributed by atoms with Crippen molar-refractivity contribution in [2.45, 2.75) is 26.4 Å². The summed E-state index contributed by atoms with van der Waals surface area (Å²) in [4.78, 5) is 14.8. The fourth-order valence-corrected chi connectivity index (χ4v) is 1.75. The molecule has 0 aliphatic rings. The predicted octanol–water partition coefficient (Wildman–Crippen LogP) is 2.36. The van der Waals surface area contributed by atoms with E-state index in [2.05, 4.69) is 10.3 Å². The highest BCUT2D eigenvalue weighted by molar-refractivity contribution is 5.87. The molecular weight excluding hydrogens is 263 g/mol. The van der Waals surface area contributed by atoms with Crippen LogP contribution in [0.2, 0.25) is 0 Å². The predicted molar refractivity (Wildman–Crippen MR) is 69.8 cm³/mol. The van der Waals surface area contributed by atoms with Crippen LogP contribution in [-0.2, 0) is 19.5 Å². The van der Waals surface area contributed by atoms with E-state index in [4.69, 9.17) is 9.52 Å². The second-order valence-electron chi connectivity index (χ2n) is 4.30. The molecule has 1 heterocycles. The lowest BCUT2D eigenvalue weighted by atomic mass is 10.1. The molecule has 2 rings (SSSR count). The molecule has 0 saturated carbocycles. The van der Waals surface area contributed by atoms with E-state index in [-0.39, 0.29) is 5.56 Å². The van der Waals surface area contributed by atoms with Gasteiger partial charge in [0.25, 0.3) is 0 Å². The minimum atomic E-state index is -1.27. The summed E-state index contributed by atoms with van der Waals surface area (Å²) in [6, 6.07) is 4.05. The first-order valence-electron chi connectivity index (χ1n) is 6.26. The van der Waals surface area contributed by atoms with E-state index in [9.17, 15) is 9.18 Å². The average molecular weight is 278 g/mol. The Balaban J connectivity index is 1.91. The fourth-order valence-electron chi connectivity index (χ4n) is 1.75. The Labute approximate surface area is 115 Å². The Morgan fingerprint density at radius 2 is 2.25 bits per heavy atom. The standard InChI is InChI=1S/C14H15FN2O3/c1-2-10-7-17-13(20-10)8-16-6-9-3-4-11(14(18)19)12(15)5-9/h3-5,7,16H,2,6,8H2,1H3,(H,18,19). The van der Waals surface area contributed by atoms with Gasteiger partial charge in [-0.1, -0.05) is 13.0 Å². The van der Waals surface area contributed by atoms with Crippen LogP contribution in [0.5, 0.6) is 0 Å². The number of carboxylic acids is 1. The molecule has 0 spiro atoms. The molecule has 0 fully saturated rings. The lowest BCUT2D eigenvalue weighted by Gasteiger charge is -2.04. The largest absolute Gasteiger partial charge is 0.478 e. The summed E-state index contributed by atoms with van der Waals surface area (Å²) in [7, 11) is 0. The van der Waals surface area contributed by atoms with Crippen molar-refractivity contribution in [1.29, 1.82) is 0 Å². The van der Waals surface area contributed by atoms with Gasteiger partial charge in [-0.25, -0.2) is 14.2 Å². The number of halogens is 1. The second-order valence-corrected chi connectivity index (χ2v) is 4.30. The highest BCUT2D eigenvalue weighted by Crippen LogP contribution is 2.11. The van der Waals surface area contributed by atoms with Gasteiger partial charge in [0.1, 0.15) is 11.6 Å². The lowest BCUT2D eigenvalue weighted by Crippen LogP contribution is -2.13. The maximum Gasteiger partial charge on any atom is 0.338 e. The van der Waals surface area contributed by atoms with E-state index in [1.807, 2.05) is 6.92 Å². The normalized spacial score (nSPS) is 10.7. The second kappa shape index (κ2) is 6.29. The van der Waals surface area contributed by atoms with Crippen molar-refractivity contribution in [2.75, 3.05) is 0 Å². The zero-order chi connectivity index (χ0) is 14.5. The number of carboxylic acid groups (broad SMARTS) is 1. The van der Waals surface area contributed by atoms with E-state index in [0.29, 0.717) is 24.5 Å². The minimum Gasteiger partial charge on any atom is -0.478 e. The molecule has 5 nitrogen and oxygen atoms in total. The van der Waals surface area contributed by atoms with E-state index in [1.54, 1.807) is 12.3 Å². The van der Waals surface area contributed by atoms with Crippen LogP contribution >= 0.6 is 0 Å². The molecule has 0 aliphatic heterocycles. The quantitative estimate of drug-likeness (QED) is 0.848. The third-order valence-electron chi connectivity index (χ3n) is 2.82. The fraction of sp³-hybridized carbons (Fsp3) is 0.286. The van der Waals surface area contributed by atoms with Crippen molar-refractivity contribution in [1.82, 2.24) is 10.3 Å². The number of benzene rings is 1. The van der Waals surface area contributed by atoms with Gasteiger partial charge in [-0.3, -0.25) is 0 Å². The summed E-state index contributed by atoms with van der Waals surface area (Å²) >= 11 is 0. The maximum atomic E-state index is 13.5. The number of aryl methyl sites for hydroxylation is 1. The molecule has 0 saturated heterocycles. The summed E-state index contributed by atoms with van der Waals surface area (Å²) in [5.74, 6) is -0.613. The Hall–Kier alpha value is -2.21. The molecule has 2 aromatic rings. The molecule has 1 aromatic carbocycles. The van der Waals surface area contributed by atoms with E-state index in [0.717, 1.165) is 12.2 Å². The van der Waals surface area contributed by atoms with Crippen LogP contribution in [0.1, 0.15) is 34.5 Å². The Morgan fingerprint density at radius 1 is 1.45 bits per heavy atom. The van der Waals surface area contributed by atoms with Gasteiger partial charge in [0.05, 0.1) is 18.3 Å². The molecule has 0 amide bonds. The number of rotatable bonds is 6. The molecule has 0 bridgehead atoms. The number of hydrogen-bond donors (Lipinski definition) is 2. The third kappa shape index (κ3) is 3.42. The zero-order valence-corrected chi connectivity index (χ0v) is 11.0. The van der Waals surface area contributed by atoms with E-state index in [1.165, 1.54) is 12.1 Å². The number of carbonyl (C=O) groups is 1. The lowest BCUT2D eigenvalue weighted by molar-refractivity contribution is 0.0692. The molecule has 6 heteroatoms. The smallest absolute Gasteiger partial charge is 0.338 e. The molecule has 2 N–H and O–H groups in total. The van der Waals surface area contributed by atoms with Crippen LogP contribution in [0.3, 0.4) is 0 Å². The first-order valence-corrected chi connectivity index (χ1v) is 6.26. The molecular formula is C14H15FN2O3. The third-order valence-corrected chi connectivity index (χ3v) is 2.82. The number of aromatic carboxylic acids is 1. The van der Waals surface area contributed by atoms with E-state index < -0.39 is 11.8 Å². The summed E-state index contributed by atoms with van der Waals surface area (Å²) in [6.07, 6.45) is 2.47. The molecule has 20 heavy (non-hydrogen) atoms. The van der Waals surface area contributed by atoms with Crippen LogP contribution < -0.4 is 5.32 Å². The van der Waals surface area contributed by atoms with Gasteiger partial charge < -0.3 is 14.8 Å². The molecule has 0 unspecified atom stereocenters. The number of oxazole rings is 1. The van der Waals surface area contributed by atoms with Crippen LogP contribution in [0, 0.1) is 5.82 Å². The maximum absolute atomic E-state index is 13.5. The van der Waals surface area contributed by atoms with Gasteiger partial charge in [-0.05, 0) is 17.7 Å². The summed E-state index contributed by atoms with van der Waals surface area (Å²) in [6.45, 7) is 2.81. The van der Waals surface area contributed by atoms with Crippen LogP contribution in [0.25, 0.3) is 0 Å². The summed E-state index contributed by atoms with van der Waals surface area (Å²) in [5.41, 5.74) is 0.337. The van der Waals surface area contributed by atoms with Crippen molar-refractivity contribution >= 4 is 5.97 Å². The number of hydrogen-bond acceptors (Lipinski definition) is 4. The SMILES string of the molecule is CCc1cnc(CNCc2ccc(C(=O)O)c(F)c2)o1. The number of nitrogens with zero attached hydrogens (tertiary/aromatic N) is 1. The highest BCUT2D eigenvalue weighted by Gasteiger charge is 2.10. The van der Waals surface area contributed by atoms with Gasteiger partial charge in [0.2, 0.25) is 5.89 Å². The van der Waals surface area contributed by atoms with Gasteiger partial charge in [-0.15, -0.1) is 0 Å². The first kappa shape index (κ1) is 14.2. The number of nitrogens with one attached hydrogen (secondary N) is 1. The van der Waals surface area contributed by atoms with Crippen molar-refractivity contribution in [3.8, 4) is 0 Å². The molecule has 1 aromatic heterocycles. The highest BCUT2D eigenvalue weighted by atomic mass is 19.1. The van der Waals surface area contributed by atoms with Crippen molar-refractivity contribution < 1.29 is 18.7 Å². The number of aromatic nitrogens is 1. The Kier molecular flexibility index (Phi) is 4.47. The van der Waals surface area contributed by atoms with Gasteiger partial charge in [-0.2, -0.15) is 0 Å². The molecule has 0 atom stereocenters. The van der Waals surface area contributed by atoms with Gasteiger partial charge >= 0.3 is 5.97 Å². The first-order chi connectivity index (χ1) is 9.60. The average Bonchev–Trinajstić information content (AvgIpc) is 2.86. The molecule has 0 radical (unpaired) electrons. The topological polar surface area (TPSA) is 75.4 Å². The minimum absolute atomic E-state index is 0.325. The molecule has 0 aliphatic carbocycles. The Bertz CT molecular complexity index is 610. The summed E-state index contributed by atoms with van der Waals surface area (Å²) < 4.78 is 18.9. The van der Waals surface area contributed by atoms with Crippen LogP contribution in [0.4, 0.5) is 4.39 Å². The van der Waals surface area contributed by atoms with Crippen molar-refractivity contribution in [2.24, 2.45) is 0 Å². The van der Waals surface area contributed by atoms with Crippen LogP contribution in [-0.4, -0.2) is 16.1 Å². The summed E-state index contributed by atoms with van der Waals surface area (Å²) in [5, 5.41) is 11.8. The van der Waals surface area contributed by atoms with Crippen LogP contribution in [0.15, 0.2) is 28.8 Å². The van der Waals surface area contributed by atoms with E-state index >= 15 is 0 Å².